The van der Waals surface area contributed by atoms with Crippen LogP contribution < -0.4 is 5.73 Å². The Morgan fingerprint density at radius 1 is 1.32 bits per heavy atom. The molecule has 0 spiro atoms. The summed E-state index contributed by atoms with van der Waals surface area (Å²) in [6, 6.07) is 5.94. The first-order valence-corrected chi connectivity index (χ1v) is 7.14. The highest BCUT2D eigenvalue weighted by molar-refractivity contribution is 7.91. The number of hydrogen-bond donors (Lipinski definition) is 2. The lowest BCUT2D eigenvalue weighted by Crippen LogP contribution is -2.14. The standard InChI is InChI=1S/C11H13N5O2S/c12-11(13)9-1-3-10(4-2-9)19(17,18)6-5-16-8-14-7-15-16/h1-4,7-8H,5-6H2,(H3,12,13). The van der Waals surface area contributed by atoms with E-state index in [9.17, 15) is 8.42 Å². The third kappa shape index (κ3) is 3.16. The van der Waals surface area contributed by atoms with Crippen LogP contribution in [0, 0.1) is 5.41 Å². The van der Waals surface area contributed by atoms with Crippen molar-refractivity contribution in [3.05, 3.63) is 42.5 Å². The maximum Gasteiger partial charge on any atom is 0.180 e. The Hall–Kier alpha value is -2.22. The minimum absolute atomic E-state index is 0.0597. The molecule has 3 N–H and O–H groups in total. The van der Waals surface area contributed by atoms with Crippen molar-refractivity contribution in [3.63, 3.8) is 0 Å². The summed E-state index contributed by atoms with van der Waals surface area (Å²) in [5.41, 5.74) is 5.81. The van der Waals surface area contributed by atoms with E-state index >= 15 is 0 Å². The van der Waals surface area contributed by atoms with Gasteiger partial charge in [-0.2, -0.15) is 5.10 Å². The molecule has 0 radical (unpaired) electrons. The first-order chi connectivity index (χ1) is 8.99. The predicted octanol–water partition coefficient (Wildman–Crippen LogP) is 0.0361. The number of benzene rings is 1. The number of aryl methyl sites for hydroxylation is 1. The lowest BCUT2D eigenvalue weighted by atomic mass is 10.2. The van der Waals surface area contributed by atoms with Gasteiger partial charge in [-0.15, -0.1) is 0 Å². The molecular formula is C11H13N5O2S. The fraction of sp³-hybridized carbons (Fsp3) is 0.182. The second-order valence-electron chi connectivity index (χ2n) is 3.92. The number of nitrogen functional groups attached to an aromatic ring is 1. The van der Waals surface area contributed by atoms with Crippen molar-refractivity contribution in [3.8, 4) is 0 Å². The van der Waals surface area contributed by atoms with Crippen LogP contribution in [0.2, 0.25) is 0 Å². The summed E-state index contributed by atoms with van der Waals surface area (Å²) in [6.07, 6.45) is 2.82. The molecule has 0 bridgehead atoms. The van der Waals surface area contributed by atoms with E-state index < -0.39 is 9.84 Å². The molecule has 2 aromatic rings. The average Bonchev–Trinajstić information content (AvgIpc) is 2.90. The molecule has 0 amide bonds. The topological polar surface area (TPSA) is 115 Å². The maximum absolute atomic E-state index is 12.1. The molecule has 0 fully saturated rings. The van der Waals surface area contributed by atoms with E-state index in [1.165, 1.54) is 41.6 Å². The number of sulfone groups is 1. The number of hydrogen-bond acceptors (Lipinski definition) is 5. The summed E-state index contributed by atoms with van der Waals surface area (Å²) in [7, 11) is -3.38. The monoisotopic (exact) mass is 279 g/mol. The van der Waals surface area contributed by atoms with E-state index in [2.05, 4.69) is 10.1 Å². The Bertz CT molecular complexity index is 662. The third-order valence-electron chi connectivity index (χ3n) is 2.58. The molecule has 19 heavy (non-hydrogen) atoms. The third-order valence-corrected chi connectivity index (χ3v) is 4.29. The Labute approximate surface area is 110 Å². The van der Waals surface area contributed by atoms with Crippen LogP contribution in [-0.2, 0) is 16.4 Å². The first-order valence-electron chi connectivity index (χ1n) is 5.49. The molecule has 100 valence electrons. The van der Waals surface area contributed by atoms with E-state index in [0.717, 1.165) is 0 Å². The SMILES string of the molecule is N=C(N)c1ccc(S(=O)(=O)CCn2cncn2)cc1. The first kappa shape index (κ1) is 13.2. The van der Waals surface area contributed by atoms with Crippen LogP contribution in [0.1, 0.15) is 5.56 Å². The molecule has 7 nitrogen and oxygen atoms in total. The zero-order valence-electron chi connectivity index (χ0n) is 10.0. The van der Waals surface area contributed by atoms with Gasteiger partial charge in [0.15, 0.2) is 9.84 Å². The summed E-state index contributed by atoms with van der Waals surface area (Å²) in [6.45, 7) is 0.247. The van der Waals surface area contributed by atoms with Gasteiger partial charge in [0.1, 0.15) is 18.5 Å². The van der Waals surface area contributed by atoms with Gasteiger partial charge in [-0.3, -0.25) is 10.1 Å². The van der Waals surface area contributed by atoms with Crippen molar-refractivity contribution in [2.45, 2.75) is 11.4 Å². The highest BCUT2D eigenvalue weighted by atomic mass is 32.2. The Morgan fingerprint density at radius 2 is 2.00 bits per heavy atom. The molecular weight excluding hydrogens is 266 g/mol. The second kappa shape index (κ2) is 5.19. The number of aromatic nitrogens is 3. The Kier molecular flexibility index (Phi) is 3.61. The molecule has 1 heterocycles. The van der Waals surface area contributed by atoms with Gasteiger partial charge in [0.25, 0.3) is 0 Å². The zero-order chi connectivity index (χ0) is 13.9. The van der Waals surface area contributed by atoms with Gasteiger partial charge in [-0.1, -0.05) is 12.1 Å². The van der Waals surface area contributed by atoms with Crippen LogP contribution in [0.15, 0.2) is 41.8 Å². The van der Waals surface area contributed by atoms with Gasteiger partial charge >= 0.3 is 0 Å². The number of nitrogens with two attached hydrogens (primary N) is 1. The lowest BCUT2D eigenvalue weighted by molar-refractivity contribution is 0.580. The summed E-state index contributed by atoms with van der Waals surface area (Å²) < 4.78 is 25.6. The van der Waals surface area contributed by atoms with Crippen molar-refractivity contribution in [2.75, 3.05) is 5.75 Å². The summed E-state index contributed by atoms with van der Waals surface area (Å²) in [5, 5.41) is 11.1. The molecule has 0 unspecified atom stereocenters. The summed E-state index contributed by atoms with van der Waals surface area (Å²) in [5.74, 6) is -0.151. The highest BCUT2D eigenvalue weighted by Crippen LogP contribution is 2.12. The fourth-order valence-electron chi connectivity index (χ4n) is 1.52. The molecule has 1 aromatic heterocycles. The molecule has 0 saturated carbocycles. The highest BCUT2D eigenvalue weighted by Gasteiger charge is 2.14. The molecule has 1 aromatic carbocycles. The van der Waals surface area contributed by atoms with Gasteiger partial charge in [-0.25, -0.2) is 13.4 Å². The number of amidine groups is 1. The van der Waals surface area contributed by atoms with Crippen molar-refractivity contribution >= 4 is 15.7 Å². The molecule has 8 heteroatoms. The second-order valence-corrected chi connectivity index (χ2v) is 6.02. The fourth-order valence-corrected chi connectivity index (χ4v) is 2.74. The Morgan fingerprint density at radius 3 is 2.53 bits per heavy atom. The molecule has 0 atom stereocenters. The van der Waals surface area contributed by atoms with E-state index in [-0.39, 0.29) is 23.0 Å². The number of nitrogens with one attached hydrogen (secondary N) is 1. The quantitative estimate of drug-likeness (QED) is 0.592. The van der Waals surface area contributed by atoms with Gasteiger partial charge in [0.2, 0.25) is 0 Å². The van der Waals surface area contributed by atoms with Gasteiger partial charge in [0, 0.05) is 5.56 Å². The van der Waals surface area contributed by atoms with Gasteiger partial charge in [0.05, 0.1) is 17.2 Å². The van der Waals surface area contributed by atoms with E-state index in [1.807, 2.05) is 0 Å². The zero-order valence-corrected chi connectivity index (χ0v) is 10.8. The largest absolute Gasteiger partial charge is 0.384 e. The summed E-state index contributed by atoms with van der Waals surface area (Å²) in [4.78, 5) is 3.95. The molecule has 0 aliphatic carbocycles. The van der Waals surface area contributed by atoms with Crippen molar-refractivity contribution in [1.29, 1.82) is 5.41 Å². The van der Waals surface area contributed by atoms with Crippen LogP contribution in [0.3, 0.4) is 0 Å². The normalized spacial score (nSPS) is 11.4. The smallest absolute Gasteiger partial charge is 0.180 e. The molecule has 0 aliphatic heterocycles. The maximum atomic E-state index is 12.1. The lowest BCUT2D eigenvalue weighted by Gasteiger charge is -2.05. The van der Waals surface area contributed by atoms with E-state index in [4.69, 9.17) is 11.1 Å². The van der Waals surface area contributed by atoms with Crippen molar-refractivity contribution in [1.82, 2.24) is 14.8 Å². The molecule has 0 saturated heterocycles. The van der Waals surface area contributed by atoms with Crippen LogP contribution in [0.25, 0.3) is 0 Å². The average molecular weight is 279 g/mol. The van der Waals surface area contributed by atoms with Gasteiger partial charge < -0.3 is 5.73 Å². The van der Waals surface area contributed by atoms with Crippen LogP contribution >= 0.6 is 0 Å². The number of rotatable bonds is 5. The number of nitrogens with zero attached hydrogens (tertiary/aromatic N) is 3. The van der Waals surface area contributed by atoms with Crippen molar-refractivity contribution in [2.24, 2.45) is 5.73 Å². The summed E-state index contributed by atoms with van der Waals surface area (Å²) >= 11 is 0. The minimum Gasteiger partial charge on any atom is -0.384 e. The van der Waals surface area contributed by atoms with Crippen LogP contribution in [0.4, 0.5) is 0 Å². The van der Waals surface area contributed by atoms with Crippen LogP contribution in [0.5, 0.6) is 0 Å². The van der Waals surface area contributed by atoms with Gasteiger partial charge in [-0.05, 0) is 12.1 Å². The molecule has 0 aliphatic rings. The van der Waals surface area contributed by atoms with E-state index in [1.54, 1.807) is 0 Å². The molecule has 2 rings (SSSR count). The minimum atomic E-state index is -3.38. The van der Waals surface area contributed by atoms with Crippen molar-refractivity contribution < 1.29 is 8.42 Å². The predicted molar refractivity (Wildman–Crippen MR) is 69.5 cm³/mol. The van der Waals surface area contributed by atoms with E-state index in [0.29, 0.717) is 5.56 Å². The Balaban J connectivity index is 2.13. The van der Waals surface area contributed by atoms with Crippen LogP contribution in [-0.4, -0.2) is 34.8 Å².